The van der Waals surface area contributed by atoms with Crippen LogP contribution in [-0.2, 0) is 14.6 Å². The molecule has 6 heteroatoms. The van der Waals surface area contributed by atoms with Crippen molar-refractivity contribution in [3.05, 3.63) is 47.7 Å². The topological polar surface area (TPSA) is 46.6 Å². The minimum Gasteiger partial charge on any atom is -0.490 e. The van der Waals surface area contributed by atoms with Gasteiger partial charge in [-0.15, -0.1) is 12.4 Å². The number of halogens is 1. The molecule has 1 fully saturated rings. The molecule has 0 saturated carbocycles. The molecular formula is C19H26ClNO3S. The lowest BCUT2D eigenvalue weighted by Crippen LogP contribution is -2.34. The molecule has 0 aromatic rings. The lowest BCUT2D eigenvalue weighted by Gasteiger charge is -2.40. The van der Waals surface area contributed by atoms with Crippen LogP contribution in [-0.4, -0.2) is 30.4 Å². The first-order valence-electron chi connectivity index (χ1n) is 8.93. The van der Waals surface area contributed by atoms with Gasteiger partial charge in [-0.1, -0.05) is 25.2 Å². The van der Waals surface area contributed by atoms with E-state index in [9.17, 15) is 8.42 Å². The third-order valence-electron chi connectivity index (χ3n) is 5.93. The second-order valence-corrected chi connectivity index (χ2v) is 9.84. The number of allylic oxidation sites excluding steroid dienone is 4. The number of hydrogen-bond donors (Lipinski definition) is 0. The predicted octanol–water partition coefficient (Wildman–Crippen LogP) is 4.08. The molecule has 1 saturated heterocycles. The maximum atomic E-state index is 12.4. The lowest BCUT2D eigenvalue weighted by atomic mass is 9.69. The third-order valence-corrected chi connectivity index (χ3v) is 8.17. The van der Waals surface area contributed by atoms with Crippen molar-refractivity contribution in [2.45, 2.75) is 57.3 Å². The molecule has 4 rings (SSSR count). The fourth-order valence-corrected chi connectivity index (χ4v) is 5.53. The number of rotatable bonds is 3. The Bertz CT molecular complexity index is 780. The van der Waals surface area contributed by atoms with Crippen LogP contribution in [0.5, 0.6) is 0 Å². The van der Waals surface area contributed by atoms with E-state index in [1.54, 1.807) is 13.8 Å². The molecule has 0 aromatic carbocycles. The highest BCUT2D eigenvalue weighted by Crippen LogP contribution is 2.57. The molecule has 0 amide bonds. The van der Waals surface area contributed by atoms with Crippen LogP contribution in [0.2, 0.25) is 0 Å². The summed E-state index contributed by atoms with van der Waals surface area (Å²) in [6.07, 6.45) is 15.5. The minimum absolute atomic E-state index is 0. The van der Waals surface area contributed by atoms with E-state index in [0.29, 0.717) is 0 Å². The van der Waals surface area contributed by atoms with Gasteiger partial charge in [-0.2, -0.15) is 0 Å². The van der Waals surface area contributed by atoms with E-state index in [1.807, 2.05) is 0 Å². The van der Waals surface area contributed by atoms with Gasteiger partial charge in [-0.05, 0) is 38.2 Å². The van der Waals surface area contributed by atoms with Gasteiger partial charge < -0.3 is 9.64 Å². The summed E-state index contributed by atoms with van der Waals surface area (Å²) >= 11 is 0. The van der Waals surface area contributed by atoms with Crippen molar-refractivity contribution in [3.63, 3.8) is 0 Å². The Balaban J connectivity index is 0.00000182. The Morgan fingerprint density at radius 2 is 2.08 bits per heavy atom. The van der Waals surface area contributed by atoms with Gasteiger partial charge in [-0.3, -0.25) is 0 Å². The van der Waals surface area contributed by atoms with E-state index in [1.165, 1.54) is 11.3 Å². The van der Waals surface area contributed by atoms with Gasteiger partial charge in [0.15, 0.2) is 9.84 Å². The standard InChI is InChI=1S/C19H25NO3S.ClH/c1-3-24(21,22)14(2)17-12-19-10-6-4-8-15(19)13-20-11-7-5-9-16(20)18(19)23-17;/h6-7,10-11,13-14,17H,3-5,8-9,12H2,1-2H3;1H. The van der Waals surface area contributed by atoms with Gasteiger partial charge >= 0.3 is 0 Å². The zero-order chi connectivity index (χ0) is 16.9. The summed E-state index contributed by atoms with van der Waals surface area (Å²) in [4.78, 5) is 2.19. The van der Waals surface area contributed by atoms with Crippen molar-refractivity contribution in [2.24, 2.45) is 5.41 Å². The van der Waals surface area contributed by atoms with E-state index in [2.05, 4.69) is 35.5 Å². The molecule has 0 radical (unpaired) electrons. The average Bonchev–Trinajstić information content (AvgIpc) is 2.98. The zero-order valence-corrected chi connectivity index (χ0v) is 16.4. The first-order valence-corrected chi connectivity index (χ1v) is 10.7. The second-order valence-electron chi connectivity index (χ2n) is 7.19. The number of ether oxygens (including phenoxy) is 1. The van der Waals surface area contributed by atoms with Crippen LogP contribution in [0.4, 0.5) is 0 Å². The first-order chi connectivity index (χ1) is 11.5. The van der Waals surface area contributed by atoms with Crippen molar-refractivity contribution in [3.8, 4) is 0 Å². The van der Waals surface area contributed by atoms with E-state index in [-0.39, 0.29) is 29.7 Å². The molecule has 3 unspecified atom stereocenters. The van der Waals surface area contributed by atoms with Gasteiger partial charge in [0.05, 0.1) is 16.4 Å². The fraction of sp³-hybridized carbons (Fsp3) is 0.579. The molecule has 0 aromatic heterocycles. The maximum Gasteiger partial charge on any atom is 0.156 e. The summed E-state index contributed by atoms with van der Waals surface area (Å²) < 4.78 is 31.1. The van der Waals surface area contributed by atoms with E-state index >= 15 is 0 Å². The molecule has 3 aliphatic heterocycles. The van der Waals surface area contributed by atoms with Gasteiger partial charge in [0.2, 0.25) is 0 Å². The van der Waals surface area contributed by atoms with Gasteiger partial charge in [0.25, 0.3) is 0 Å². The molecular weight excluding hydrogens is 358 g/mol. The third kappa shape index (κ3) is 2.76. The largest absolute Gasteiger partial charge is 0.490 e. The van der Waals surface area contributed by atoms with Gasteiger partial charge in [0, 0.05) is 24.6 Å². The fourth-order valence-electron chi connectivity index (χ4n) is 4.39. The van der Waals surface area contributed by atoms with Gasteiger partial charge in [0.1, 0.15) is 11.9 Å². The Morgan fingerprint density at radius 1 is 1.32 bits per heavy atom. The van der Waals surface area contributed by atoms with Crippen LogP contribution < -0.4 is 0 Å². The summed E-state index contributed by atoms with van der Waals surface area (Å²) in [5.74, 6) is 1.17. The Labute approximate surface area is 156 Å². The molecule has 0 N–H and O–H groups in total. The van der Waals surface area contributed by atoms with Crippen molar-refractivity contribution >= 4 is 22.2 Å². The van der Waals surface area contributed by atoms with Crippen molar-refractivity contribution in [1.82, 2.24) is 4.90 Å². The summed E-state index contributed by atoms with van der Waals surface area (Å²) in [5, 5.41) is -0.472. The number of nitrogens with zero attached hydrogens (tertiary/aromatic N) is 1. The number of sulfone groups is 1. The highest BCUT2D eigenvalue weighted by atomic mass is 35.5. The zero-order valence-electron chi connectivity index (χ0n) is 14.8. The molecule has 138 valence electrons. The molecule has 25 heavy (non-hydrogen) atoms. The smallest absolute Gasteiger partial charge is 0.156 e. The lowest BCUT2D eigenvalue weighted by molar-refractivity contribution is 0.149. The average molecular weight is 384 g/mol. The van der Waals surface area contributed by atoms with Crippen molar-refractivity contribution in [2.75, 3.05) is 5.75 Å². The van der Waals surface area contributed by atoms with Crippen LogP contribution in [0, 0.1) is 5.41 Å². The van der Waals surface area contributed by atoms with Crippen LogP contribution in [0.25, 0.3) is 0 Å². The molecule has 4 aliphatic rings. The molecule has 3 atom stereocenters. The first kappa shape index (κ1) is 18.6. The normalized spacial score (nSPS) is 31.4. The molecule has 1 aliphatic carbocycles. The summed E-state index contributed by atoms with van der Waals surface area (Å²) in [6, 6.07) is 0. The number of hydrogen-bond acceptors (Lipinski definition) is 4. The molecule has 1 spiro atoms. The molecule has 4 nitrogen and oxygen atoms in total. The quantitative estimate of drug-likeness (QED) is 0.689. The van der Waals surface area contributed by atoms with Crippen molar-refractivity contribution in [1.29, 1.82) is 0 Å². The van der Waals surface area contributed by atoms with Crippen LogP contribution in [0.15, 0.2) is 47.7 Å². The SMILES string of the molecule is CCS(=O)(=O)C(C)C1CC23C=CCCC2=CN2C=CCCC2=C3O1.Cl. The summed E-state index contributed by atoms with van der Waals surface area (Å²) in [6.45, 7) is 3.52. The highest BCUT2D eigenvalue weighted by molar-refractivity contribution is 7.92. The number of fused-ring (bicyclic) bond motifs is 1. The van der Waals surface area contributed by atoms with Crippen LogP contribution >= 0.6 is 12.4 Å². The molecule has 3 heterocycles. The Kier molecular flexibility index (Phi) is 4.84. The second kappa shape index (κ2) is 6.51. The summed E-state index contributed by atoms with van der Waals surface area (Å²) in [7, 11) is -3.11. The van der Waals surface area contributed by atoms with E-state index in [0.717, 1.165) is 37.9 Å². The summed E-state index contributed by atoms with van der Waals surface area (Å²) in [5.41, 5.74) is 2.35. The predicted molar refractivity (Wildman–Crippen MR) is 102 cm³/mol. The van der Waals surface area contributed by atoms with Crippen LogP contribution in [0.1, 0.15) is 46.0 Å². The van der Waals surface area contributed by atoms with Crippen molar-refractivity contribution < 1.29 is 13.2 Å². The van der Waals surface area contributed by atoms with E-state index < -0.39 is 15.1 Å². The Hall–Kier alpha value is -1.20. The van der Waals surface area contributed by atoms with E-state index in [4.69, 9.17) is 4.74 Å². The Morgan fingerprint density at radius 3 is 2.84 bits per heavy atom. The monoisotopic (exact) mass is 383 g/mol. The molecule has 0 bridgehead atoms. The minimum atomic E-state index is -3.11. The van der Waals surface area contributed by atoms with Gasteiger partial charge in [-0.25, -0.2) is 8.42 Å². The van der Waals surface area contributed by atoms with Crippen LogP contribution in [0.3, 0.4) is 0 Å². The maximum absolute atomic E-state index is 12.4. The highest BCUT2D eigenvalue weighted by Gasteiger charge is 2.53.